The Kier molecular flexibility index (Phi) is 4.74. The molecule has 2 rings (SSSR count). The van der Waals surface area contributed by atoms with Crippen molar-refractivity contribution in [3.8, 4) is 0 Å². The van der Waals surface area contributed by atoms with Crippen LogP contribution < -0.4 is 0 Å². The lowest BCUT2D eigenvalue weighted by molar-refractivity contribution is 0.0427. The zero-order valence-electron chi connectivity index (χ0n) is 12.4. The van der Waals surface area contributed by atoms with E-state index in [1.54, 1.807) is 13.8 Å². The summed E-state index contributed by atoms with van der Waals surface area (Å²) in [6, 6.07) is 2.82. The molecule has 0 amide bonds. The van der Waals surface area contributed by atoms with Gasteiger partial charge in [-0.25, -0.2) is 8.78 Å². The summed E-state index contributed by atoms with van der Waals surface area (Å²) in [6.45, 7) is 4.90. The predicted molar refractivity (Wildman–Crippen MR) is 76.2 cm³/mol. The monoisotopic (exact) mass is 297 g/mol. The van der Waals surface area contributed by atoms with E-state index in [-0.39, 0.29) is 11.3 Å². The molecule has 0 spiro atoms. The van der Waals surface area contributed by atoms with Crippen LogP contribution in [0.3, 0.4) is 0 Å². The zero-order valence-corrected chi connectivity index (χ0v) is 12.4. The van der Waals surface area contributed by atoms with Gasteiger partial charge in [0.1, 0.15) is 0 Å². The number of likely N-dealkylation sites (tertiary alicyclic amines) is 1. The molecular weight excluding hydrogens is 276 g/mol. The average molecular weight is 297 g/mol. The van der Waals surface area contributed by atoms with E-state index >= 15 is 0 Å². The maximum atomic E-state index is 13.2. The minimum Gasteiger partial charge on any atom is -0.390 e. The van der Waals surface area contributed by atoms with Crippen molar-refractivity contribution in [1.29, 1.82) is 0 Å². The molecule has 2 atom stereocenters. The molecule has 1 aliphatic rings. The van der Waals surface area contributed by atoms with E-state index in [1.165, 1.54) is 6.07 Å². The average Bonchev–Trinajstić information content (AvgIpc) is 2.61. The van der Waals surface area contributed by atoms with Gasteiger partial charge in [-0.05, 0) is 57.9 Å². The molecule has 2 unspecified atom stereocenters. The molecule has 1 heterocycles. The Morgan fingerprint density at radius 1 is 1.29 bits per heavy atom. The Morgan fingerprint density at radius 3 is 2.67 bits per heavy atom. The van der Waals surface area contributed by atoms with Crippen LogP contribution in [0.25, 0.3) is 0 Å². The van der Waals surface area contributed by atoms with Crippen molar-refractivity contribution < 1.29 is 18.7 Å². The highest BCUT2D eigenvalue weighted by molar-refractivity contribution is 5.99. The van der Waals surface area contributed by atoms with Crippen molar-refractivity contribution >= 4 is 5.78 Å². The van der Waals surface area contributed by atoms with Gasteiger partial charge in [0.2, 0.25) is 0 Å². The number of hydrogen-bond acceptors (Lipinski definition) is 3. The highest BCUT2D eigenvalue weighted by Crippen LogP contribution is 2.23. The zero-order chi connectivity index (χ0) is 15.6. The number of carbonyl (C=O) groups excluding carboxylic acids is 1. The summed E-state index contributed by atoms with van der Waals surface area (Å²) in [7, 11) is 0. The molecule has 1 N–H and O–H groups in total. The van der Waals surface area contributed by atoms with E-state index in [1.807, 2.05) is 4.90 Å². The first-order valence-corrected chi connectivity index (χ1v) is 7.26. The van der Waals surface area contributed by atoms with Crippen molar-refractivity contribution in [3.63, 3.8) is 0 Å². The molecule has 0 aromatic heterocycles. The van der Waals surface area contributed by atoms with E-state index in [0.717, 1.165) is 18.6 Å². The van der Waals surface area contributed by atoms with Crippen LogP contribution in [0.5, 0.6) is 0 Å². The van der Waals surface area contributed by atoms with E-state index in [0.29, 0.717) is 25.9 Å². The maximum absolute atomic E-state index is 13.2. The number of Topliss-reactive ketones (excluding diaryl/α,β-unsaturated/α-hetero) is 1. The number of nitrogens with zero attached hydrogens (tertiary/aromatic N) is 1. The van der Waals surface area contributed by atoms with Crippen LogP contribution in [0, 0.1) is 11.6 Å². The van der Waals surface area contributed by atoms with Crippen LogP contribution in [0.15, 0.2) is 18.2 Å². The fourth-order valence-electron chi connectivity index (χ4n) is 2.73. The fraction of sp³-hybridized carbons (Fsp3) is 0.562. The smallest absolute Gasteiger partial charge is 0.179 e. The van der Waals surface area contributed by atoms with Gasteiger partial charge in [0, 0.05) is 12.1 Å². The minimum absolute atomic E-state index is 0.178. The molecule has 0 saturated carbocycles. The number of halogens is 2. The molecule has 3 nitrogen and oxygen atoms in total. The molecule has 5 heteroatoms. The van der Waals surface area contributed by atoms with Crippen molar-refractivity contribution in [2.75, 3.05) is 13.1 Å². The third kappa shape index (κ3) is 3.86. The van der Waals surface area contributed by atoms with Gasteiger partial charge in [0.25, 0.3) is 0 Å². The Bertz CT molecular complexity index is 531. The summed E-state index contributed by atoms with van der Waals surface area (Å²) >= 11 is 0. The predicted octanol–water partition coefficient (Wildman–Crippen LogP) is 2.77. The quantitative estimate of drug-likeness (QED) is 0.872. The normalized spacial score (nSPS) is 25.4. The van der Waals surface area contributed by atoms with Gasteiger partial charge < -0.3 is 5.11 Å². The number of rotatable bonds is 3. The van der Waals surface area contributed by atoms with Crippen LogP contribution in [-0.2, 0) is 0 Å². The number of ketones is 1. The van der Waals surface area contributed by atoms with Crippen molar-refractivity contribution in [3.05, 3.63) is 35.4 Å². The second kappa shape index (κ2) is 6.20. The van der Waals surface area contributed by atoms with E-state index in [4.69, 9.17) is 0 Å². The molecule has 1 aliphatic heterocycles. The molecule has 116 valence electrons. The third-order valence-electron chi connectivity index (χ3n) is 4.23. The first kappa shape index (κ1) is 16.0. The third-order valence-corrected chi connectivity index (χ3v) is 4.23. The summed E-state index contributed by atoms with van der Waals surface area (Å²) in [5.41, 5.74) is -0.517. The second-order valence-electron chi connectivity index (χ2n) is 6.06. The molecule has 0 bridgehead atoms. The molecule has 1 aromatic carbocycles. The lowest BCUT2D eigenvalue weighted by Crippen LogP contribution is -2.40. The molecule has 1 saturated heterocycles. The van der Waals surface area contributed by atoms with Crippen LogP contribution in [0.2, 0.25) is 0 Å². The number of hydrogen-bond donors (Lipinski definition) is 1. The fourth-order valence-corrected chi connectivity index (χ4v) is 2.73. The molecule has 0 aliphatic carbocycles. The minimum atomic E-state index is -1.01. The van der Waals surface area contributed by atoms with Crippen molar-refractivity contribution in [2.24, 2.45) is 0 Å². The molecular formula is C16H21F2NO2. The van der Waals surface area contributed by atoms with Crippen molar-refractivity contribution in [2.45, 2.75) is 44.8 Å². The standard InChI is InChI=1S/C16H21F2NO2/c1-11(19-8-3-6-16(2,21)7-9-19)15(20)12-4-5-13(17)14(18)10-12/h4-5,10-11,21H,3,6-9H2,1-2H3. The lowest BCUT2D eigenvalue weighted by atomic mass is 9.98. The largest absolute Gasteiger partial charge is 0.390 e. The van der Waals surface area contributed by atoms with Gasteiger partial charge >= 0.3 is 0 Å². The highest BCUT2D eigenvalue weighted by atomic mass is 19.2. The number of benzene rings is 1. The lowest BCUT2D eigenvalue weighted by Gasteiger charge is -2.27. The van der Waals surface area contributed by atoms with Gasteiger partial charge in [-0.2, -0.15) is 0 Å². The van der Waals surface area contributed by atoms with Crippen LogP contribution in [-0.4, -0.2) is 40.5 Å². The number of carbonyl (C=O) groups is 1. The van der Waals surface area contributed by atoms with E-state index in [2.05, 4.69) is 0 Å². The molecule has 1 aromatic rings. The van der Waals surface area contributed by atoms with Crippen LogP contribution in [0.4, 0.5) is 8.78 Å². The molecule has 0 radical (unpaired) electrons. The summed E-state index contributed by atoms with van der Waals surface area (Å²) in [5, 5.41) is 10.1. The Morgan fingerprint density at radius 2 is 2.00 bits per heavy atom. The number of aliphatic hydroxyl groups is 1. The summed E-state index contributed by atoms with van der Waals surface area (Å²) in [6.07, 6.45) is 2.11. The van der Waals surface area contributed by atoms with Gasteiger partial charge in [0.05, 0.1) is 11.6 Å². The Hall–Kier alpha value is -1.33. The molecule has 1 fully saturated rings. The highest BCUT2D eigenvalue weighted by Gasteiger charge is 2.29. The summed E-state index contributed by atoms with van der Waals surface area (Å²) in [5.74, 6) is -2.19. The first-order valence-electron chi connectivity index (χ1n) is 7.26. The van der Waals surface area contributed by atoms with Crippen LogP contribution in [0.1, 0.15) is 43.5 Å². The van der Waals surface area contributed by atoms with E-state index < -0.39 is 23.3 Å². The Labute approximate surface area is 123 Å². The SMILES string of the molecule is CC(C(=O)c1ccc(F)c(F)c1)N1CCCC(C)(O)CC1. The van der Waals surface area contributed by atoms with Gasteiger partial charge in [-0.15, -0.1) is 0 Å². The molecule has 21 heavy (non-hydrogen) atoms. The van der Waals surface area contributed by atoms with E-state index in [9.17, 15) is 18.7 Å². The maximum Gasteiger partial charge on any atom is 0.179 e. The van der Waals surface area contributed by atoms with Gasteiger partial charge in [0.15, 0.2) is 17.4 Å². The topological polar surface area (TPSA) is 40.5 Å². The summed E-state index contributed by atoms with van der Waals surface area (Å²) < 4.78 is 26.2. The van der Waals surface area contributed by atoms with Crippen molar-refractivity contribution in [1.82, 2.24) is 4.90 Å². The Balaban J connectivity index is 2.09. The second-order valence-corrected chi connectivity index (χ2v) is 6.06. The van der Waals surface area contributed by atoms with Gasteiger partial charge in [-0.3, -0.25) is 9.69 Å². The summed E-state index contributed by atoms with van der Waals surface area (Å²) in [4.78, 5) is 14.4. The first-order chi connectivity index (χ1) is 9.80. The van der Waals surface area contributed by atoms with Gasteiger partial charge in [-0.1, -0.05) is 0 Å². The van der Waals surface area contributed by atoms with Crippen LogP contribution >= 0.6 is 0 Å².